The van der Waals surface area contributed by atoms with Crippen molar-refractivity contribution < 1.29 is 82.8 Å². The van der Waals surface area contributed by atoms with Gasteiger partial charge in [0, 0.05) is 107 Å². The molecule has 778 valence electrons. The molecule has 2 N–H and O–H groups in total. The number of halogens is 5. The van der Waals surface area contributed by atoms with Crippen LogP contribution in [0.2, 0.25) is 0 Å². The summed E-state index contributed by atoms with van der Waals surface area (Å²) in [6, 6.07) is 15.1. The van der Waals surface area contributed by atoms with E-state index in [0.717, 1.165) is 0 Å². The highest BCUT2D eigenvalue weighted by atomic mass is 79.9. The average molecular weight is 2250 g/mol. The van der Waals surface area contributed by atoms with Gasteiger partial charge in [-0.1, -0.05) is 59.0 Å². The van der Waals surface area contributed by atoms with Crippen LogP contribution in [0.25, 0.3) is 0 Å². The normalized spacial score (nSPS) is 15.2. The minimum atomic E-state index is -1.41. The van der Waals surface area contributed by atoms with Crippen molar-refractivity contribution in [2.24, 2.45) is 0 Å². The summed E-state index contributed by atoms with van der Waals surface area (Å²) in [7, 11) is -0.910. The fraction of sp³-hybridized carbons (Fsp3) is 0.863. The molecule has 0 aliphatic carbocycles. The first-order valence-electron chi connectivity index (χ1n) is 46.7. The summed E-state index contributed by atoms with van der Waals surface area (Å²) in [5.74, 6) is 0.827. The Bertz CT molecular complexity index is 3240. The van der Waals surface area contributed by atoms with Crippen molar-refractivity contribution in [2.45, 2.75) is 472 Å². The van der Waals surface area contributed by atoms with Gasteiger partial charge in [0.25, 0.3) is 0 Å². The maximum absolute atomic E-state index is 12.8. The lowest BCUT2D eigenvalue weighted by atomic mass is 10.1. The highest BCUT2D eigenvalue weighted by molar-refractivity contribution is 9.19. The Kier molecular flexibility index (Phi) is 80.8. The third kappa shape index (κ3) is 69.9. The van der Waals surface area contributed by atoms with Crippen molar-refractivity contribution in [3.63, 3.8) is 0 Å². The molecule has 1 aliphatic heterocycles. The van der Waals surface area contributed by atoms with Gasteiger partial charge in [0.2, 0.25) is 6.12 Å². The molecular weight excluding hydrogens is 2060 g/mol. The molecule has 0 aromatic rings. The Morgan fingerprint density at radius 3 is 0.842 bits per heavy atom. The molecule has 1 fully saturated rings. The summed E-state index contributed by atoms with van der Waals surface area (Å²) >= 11 is 18.2. The van der Waals surface area contributed by atoms with Crippen LogP contribution < -0.4 is 0 Å². The zero-order valence-corrected chi connectivity index (χ0v) is 100. The average Bonchev–Trinajstić information content (AvgIpc) is 1.73. The molecule has 29 nitrogen and oxygen atoms in total. The minimum Gasteiger partial charge on any atom is -0.458 e. The highest BCUT2D eigenvalue weighted by Gasteiger charge is 2.46. The Morgan fingerprint density at radius 2 is 0.662 bits per heavy atom. The first-order chi connectivity index (χ1) is 61.6. The molecule has 0 spiro atoms. The number of ether oxygens (including phenoxy) is 8. The Morgan fingerprint density at radius 1 is 0.429 bits per heavy atom. The Labute approximate surface area is 855 Å². The van der Waals surface area contributed by atoms with Crippen molar-refractivity contribution >= 4 is 142 Å². The largest absolute Gasteiger partial charge is 0.458 e. The minimum absolute atomic E-state index is 0.0162. The number of carbonyl (C=O) groups excluding carboxylic acids is 6. The van der Waals surface area contributed by atoms with Crippen LogP contribution in [0.15, 0.2) is 0 Å². The molecule has 1 aliphatic rings. The van der Waals surface area contributed by atoms with Crippen LogP contribution in [0.3, 0.4) is 0 Å². The van der Waals surface area contributed by atoms with Gasteiger partial charge in [0.15, 0.2) is 0 Å². The lowest BCUT2D eigenvalue weighted by Gasteiger charge is -2.47. The van der Waals surface area contributed by atoms with E-state index in [9.17, 15) is 28.8 Å². The topological polar surface area (TPSA) is 368 Å². The molecule has 0 saturated carbocycles. The number of hydrogen-bond donors (Lipinski definition) is 2. The van der Waals surface area contributed by atoms with Crippen molar-refractivity contribution in [1.82, 2.24) is 32.7 Å². The van der Waals surface area contributed by atoms with Gasteiger partial charge in [-0.15, -0.1) is 12.3 Å². The van der Waals surface area contributed by atoms with Crippen molar-refractivity contribution in [2.75, 3.05) is 61.9 Å². The number of nitriles is 5. The second-order valence-electron chi connectivity index (χ2n) is 38.9. The summed E-state index contributed by atoms with van der Waals surface area (Å²) in [5.41, 5.74) is -4.37. The van der Waals surface area contributed by atoms with Gasteiger partial charge in [-0.05, 0) is 307 Å². The van der Waals surface area contributed by atoms with E-state index in [-0.39, 0.29) is 109 Å². The van der Waals surface area contributed by atoms with E-state index in [1.165, 1.54) is 7.11 Å². The van der Waals surface area contributed by atoms with E-state index < -0.39 is 84.1 Å². The molecular formula is C95H181Br4ClN12O17P4. The fourth-order valence-electron chi connectivity index (χ4n) is 13.5. The zero-order chi connectivity index (χ0) is 108. The summed E-state index contributed by atoms with van der Waals surface area (Å²) in [4.78, 5) is 69.3. The molecule has 1 saturated heterocycles. The number of esters is 5. The number of nitrogens with zero attached hydrogens (tertiary/aromatic N) is 12. The summed E-state index contributed by atoms with van der Waals surface area (Å²) < 4.78 is 80.7. The number of hydrogen-bond acceptors (Lipinski definition) is 29. The molecule has 0 aromatic carbocycles. The summed E-state index contributed by atoms with van der Waals surface area (Å²) in [5, 5.41) is 56.6. The van der Waals surface area contributed by atoms with E-state index >= 15 is 0 Å². The van der Waals surface area contributed by atoms with Crippen LogP contribution in [0, 0.1) is 69.0 Å². The first-order valence-corrected chi connectivity index (χ1v) is 56.1. The Hall–Kier alpha value is -2.56. The first kappa shape index (κ1) is 141. The van der Waals surface area contributed by atoms with Crippen LogP contribution in [-0.4, -0.2) is 283 Å². The number of terminal acetylenes is 1. The number of alkyl halides is 3. The predicted octanol–water partition coefficient (Wildman–Crippen LogP) is 23.0. The van der Waals surface area contributed by atoms with E-state index in [2.05, 4.69) is 320 Å². The molecule has 5 atom stereocenters. The van der Waals surface area contributed by atoms with Crippen molar-refractivity contribution in [3.05, 3.63) is 0 Å². The molecule has 3 unspecified atom stereocenters. The van der Waals surface area contributed by atoms with Crippen LogP contribution in [0.5, 0.6) is 0 Å². The van der Waals surface area contributed by atoms with E-state index in [1.807, 2.05) is 19.1 Å². The smallest absolute Gasteiger partial charge is 0.317 e. The molecule has 0 bridgehead atoms. The van der Waals surface area contributed by atoms with Gasteiger partial charge in [-0.2, -0.15) is 26.3 Å². The lowest BCUT2D eigenvalue weighted by Crippen LogP contribution is -2.45. The number of aliphatic hydroxyl groups is 2. The fourth-order valence-corrected chi connectivity index (χ4v) is 25.8. The number of carbonyl (C=O) groups is 6. The van der Waals surface area contributed by atoms with Crippen LogP contribution >= 0.6 is 107 Å². The molecule has 0 radical (unpaired) electrons. The predicted molar refractivity (Wildman–Crippen MR) is 565 cm³/mol. The highest BCUT2D eigenvalue weighted by Crippen LogP contribution is 2.55. The number of methoxy groups -OCH3 is 1. The van der Waals surface area contributed by atoms with E-state index in [0.29, 0.717) is 110 Å². The molecule has 38 heteroatoms. The van der Waals surface area contributed by atoms with E-state index in [1.54, 1.807) is 90.2 Å². The number of rotatable bonds is 47. The monoisotopic (exact) mass is 2240 g/mol. The third-order valence-corrected chi connectivity index (χ3v) is 33.1. The maximum atomic E-state index is 12.8. The van der Waals surface area contributed by atoms with Crippen LogP contribution in [0.1, 0.15) is 331 Å². The van der Waals surface area contributed by atoms with Crippen LogP contribution in [0.4, 0.5) is 0 Å². The van der Waals surface area contributed by atoms with Crippen LogP contribution in [-0.2, 0) is 71.2 Å². The van der Waals surface area contributed by atoms with E-state index in [4.69, 9.17) is 94.3 Å². The lowest BCUT2D eigenvalue weighted by molar-refractivity contribution is -0.154. The number of aliphatic hydroxyl groups excluding tert-OH is 1. The van der Waals surface area contributed by atoms with Crippen molar-refractivity contribution in [3.8, 4) is 42.7 Å². The SMILES string of the molecule is C#CCC(C)(C)O.CC(C)(CC#N)OC(=O)CBr.CC(C)(CC#N)OC(=O)CBr.CC(C)N(C(C)C)P(CC(=O)OC(C)(C)CC#N)N(C(C)C)C(C)C.CC(C)N(C(C)C)P(CC(=O)OC(C)(C)CC#N)N(C(C)C)C(C)C.CC(C)N(C(C)C)P(Cl)N(C(C)C)C(C)C.O=C(Br)CBr.[2H]C[C@H]1O[C@@H](C)C(OCCOC)C1OP(CC(=O)OC(C)(C)CC#N)N(C(C)C)C(C)C.[3H]OC. The third-order valence-electron chi connectivity index (χ3n) is 17.6. The van der Waals surface area contributed by atoms with Gasteiger partial charge in [-0.3, -0.25) is 61.5 Å². The van der Waals surface area contributed by atoms with Crippen molar-refractivity contribution in [1.29, 1.82) is 27.7 Å². The molecule has 1 rings (SSSR count). The maximum Gasteiger partial charge on any atom is 0.317 e. The zero-order valence-electron chi connectivity index (χ0n) is 91.6. The van der Waals surface area contributed by atoms with Gasteiger partial charge in [0.1, 0.15) is 72.9 Å². The summed E-state index contributed by atoms with van der Waals surface area (Å²) in [6.45, 7) is 84.5. The summed E-state index contributed by atoms with van der Waals surface area (Å²) in [6.07, 6.45) is 5.51. The van der Waals surface area contributed by atoms with Gasteiger partial charge in [0.05, 0.1) is 128 Å². The standard InChI is InChI=1S/C22H41N2O6P.2C19H38N3O2P.C12H28ClN2P.2C7H10BrNO2.C6H10O.C2H2Br2O.CH4O/c1-15(2)24(16(3)4)31(14-19(25)29-22(7,8)10-11-23)30-21-18(6)28-17(5)20(21)27-13-12-26-9;2*1-14(2)21(15(3)4)25(22(16(5)6)17(7)8)13-18(23)24-19(9,10)11-12-20;1-9(2)14(10(3)4)16(13)15(11(5)6)12(7)8;2*1-7(2,3-4-9)11-6(10)5-8;1-4-5-6(2,3)7;3-1-2(4)5;1-2/h15-18,20-21H,10,12-14H2,1-9H3;2*14-17H,11,13H2,1-10H3;9-12H,1-8H3;2*3,5H2,1-2H3;1,7H,5H2,2-3H3;1H2;2H,1H3/t17-,18+,20?,21?,31?;;;;;;;;/m0......../s1/i6D;;;;;;;;2T. The molecule has 133 heavy (non-hydrogen) atoms. The quantitative estimate of drug-likeness (QED) is 0.0109. The van der Waals surface area contributed by atoms with Gasteiger partial charge in [-0.25, -0.2) is 0 Å². The molecule has 1 heterocycles. The second kappa shape index (κ2) is 76.2. The Balaban J connectivity index is -0.000000239. The molecule has 0 aromatic heterocycles. The second-order valence-corrected chi connectivity index (χ2v) is 49.4. The van der Waals surface area contributed by atoms with Gasteiger partial charge < -0.3 is 52.6 Å². The molecule has 0 amide bonds. The van der Waals surface area contributed by atoms with Gasteiger partial charge >= 0.3 is 29.8 Å².